The molecule has 1 heterocycles. The predicted molar refractivity (Wildman–Crippen MR) is 84.5 cm³/mol. The zero-order valence-corrected chi connectivity index (χ0v) is 13.8. The van der Waals surface area contributed by atoms with Crippen LogP contribution in [0.2, 0.25) is 0 Å². The van der Waals surface area contributed by atoms with Gasteiger partial charge in [-0.1, -0.05) is 22.0 Å². The molecule has 1 aliphatic rings. The van der Waals surface area contributed by atoms with Crippen LogP contribution in [0.3, 0.4) is 0 Å². The molecule has 0 amide bonds. The second-order valence-electron chi connectivity index (χ2n) is 5.41. The number of hydrogen-bond acceptors (Lipinski definition) is 3. The Morgan fingerprint density at radius 2 is 2.10 bits per heavy atom. The third-order valence-corrected chi connectivity index (χ3v) is 4.74. The molecule has 1 unspecified atom stereocenters. The molecule has 112 valence electrons. The van der Waals surface area contributed by atoms with Gasteiger partial charge in [-0.25, -0.2) is 4.39 Å². The van der Waals surface area contributed by atoms with Crippen LogP contribution in [0.1, 0.15) is 18.5 Å². The van der Waals surface area contributed by atoms with Gasteiger partial charge in [0, 0.05) is 49.8 Å². The van der Waals surface area contributed by atoms with E-state index in [0.717, 1.165) is 49.3 Å². The molecule has 1 saturated heterocycles. The van der Waals surface area contributed by atoms with Crippen molar-refractivity contribution in [1.82, 2.24) is 15.1 Å². The smallest absolute Gasteiger partial charge is 0.124 e. The second kappa shape index (κ2) is 7.50. The summed E-state index contributed by atoms with van der Waals surface area (Å²) in [6.07, 6.45) is 0. The number of likely N-dealkylation sites (N-methyl/N-ethyl adjacent to an activating group) is 1. The first kappa shape index (κ1) is 15.9. The van der Waals surface area contributed by atoms with E-state index in [1.807, 2.05) is 6.07 Å². The molecule has 0 saturated carbocycles. The van der Waals surface area contributed by atoms with Gasteiger partial charge in [-0.15, -0.1) is 0 Å². The van der Waals surface area contributed by atoms with Gasteiger partial charge in [0.15, 0.2) is 0 Å². The summed E-state index contributed by atoms with van der Waals surface area (Å²) in [5.41, 5.74) is 1.13. The van der Waals surface area contributed by atoms with Crippen molar-refractivity contribution in [3.8, 4) is 0 Å². The maximum absolute atomic E-state index is 13.1. The van der Waals surface area contributed by atoms with Gasteiger partial charge < -0.3 is 5.32 Å². The van der Waals surface area contributed by atoms with Crippen LogP contribution >= 0.6 is 15.9 Å². The highest BCUT2D eigenvalue weighted by atomic mass is 79.9. The molecule has 1 aromatic rings. The van der Waals surface area contributed by atoms with Crippen LogP contribution in [0, 0.1) is 5.82 Å². The monoisotopic (exact) mass is 343 g/mol. The Bertz CT molecular complexity index is 435. The summed E-state index contributed by atoms with van der Waals surface area (Å²) in [7, 11) is 2.13. The summed E-state index contributed by atoms with van der Waals surface area (Å²) >= 11 is 3.46. The Hall–Kier alpha value is -0.490. The van der Waals surface area contributed by atoms with Gasteiger partial charge >= 0.3 is 0 Å². The summed E-state index contributed by atoms with van der Waals surface area (Å²) in [5, 5.41) is 3.37. The van der Waals surface area contributed by atoms with E-state index in [0.29, 0.717) is 0 Å². The number of benzene rings is 1. The molecule has 1 aromatic carbocycles. The fraction of sp³-hybridized carbons (Fsp3) is 0.600. The zero-order chi connectivity index (χ0) is 14.5. The van der Waals surface area contributed by atoms with Crippen molar-refractivity contribution >= 4 is 15.9 Å². The van der Waals surface area contributed by atoms with Crippen LogP contribution in [0.25, 0.3) is 0 Å². The molecule has 2 rings (SSSR count). The molecule has 1 atom stereocenters. The standard InChI is InChI=1S/C15H23BrFN3/c1-12(14-4-3-13(17)11-15(14)16)19(2)9-10-20-7-5-18-6-8-20/h3-4,11-12,18H,5-10H2,1-2H3. The lowest BCUT2D eigenvalue weighted by Crippen LogP contribution is -2.46. The van der Waals surface area contributed by atoms with Gasteiger partial charge in [-0.3, -0.25) is 9.80 Å². The van der Waals surface area contributed by atoms with Crippen molar-refractivity contribution in [3.05, 3.63) is 34.1 Å². The summed E-state index contributed by atoms with van der Waals surface area (Å²) in [6, 6.07) is 5.20. The third kappa shape index (κ3) is 4.25. The van der Waals surface area contributed by atoms with E-state index in [9.17, 15) is 4.39 Å². The SMILES string of the molecule is CC(c1ccc(F)cc1Br)N(C)CCN1CCNCC1. The molecule has 0 spiro atoms. The molecule has 3 nitrogen and oxygen atoms in total. The molecule has 0 aliphatic carbocycles. The summed E-state index contributed by atoms with van der Waals surface area (Å²) < 4.78 is 14.0. The van der Waals surface area contributed by atoms with Gasteiger partial charge in [-0.2, -0.15) is 0 Å². The molecule has 0 aromatic heterocycles. The Morgan fingerprint density at radius 1 is 1.40 bits per heavy atom. The second-order valence-corrected chi connectivity index (χ2v) is 6.27. The molecule has 5 heteroatoms. The number of nitrogens with one attached hydrogen (secondary N) is 1. The molecule has 0 bridgehead atoms. The third-order valence-electron chi connectivity index (χ3n) is 4.05. The van der Waals surface area contributed by atoms with E-state index in [2.05, 4.69) is 45.0 Å². The molecule has 0 radical (unpaired) electrons. The molecule has 1 N–H and O–H groups in total. The van der Waals surface area contributed by atoms with E-state index in [1.165, 1.54) is 12.1 Å². The van der Waals surface area contributed by atoms with Crippen LogP contribution in [0.4, 0.5) is 4.39 Å². The number of nitrogens with zero attached hydrogens (tertiary/aromatic N) is 2. The topological polar surface area (TPSA) is 18.5 Å². The summed E-state index contributed by atoms with van der Waals surface area (Å²) in [6.45, 7) is 8.69. The van der Waals surface area contributed by atoms with Crippen molar-refractivity contribution < 1.29 is 4.39 Å². The molecular weight excluding hydrogens is 321 g/mol. The fourth-order valence-electron chi connectivity index (χ4n) is 2.51. The largest absolute Gasteiger partial charge is 0.314 e. The quantitative estimate of drug-likeness (QED) is 0.886. The van der Waals surface area contributed by atoms with Crippen molar-refractivity contribution in [2.45, 2.75) is 13.0 Å². The van der Waals surface area contributed by atoms with Crippen LogP contribution in [-0.4, -0.2) is 56.1 Å². The van der Waals surface area contributed by atoms with Crippen molar-refractivity contribution in [3.63, 3.8) is 0 Å². The van der Waals surface area contributed by atoms with E-state index in [-0.39, 0.29) is 11.9 Å². The maximum Gasteiger partial charge on any atom is 0.124 e. The summed E-state index contributed by atoms with van der Waals surface area (Å²) in [4.78, 5) is 4.81. The van der Waals surface area contributed by atoms with E-state index >= 15 is 0 Å². The van der Waals surface area contributed by atoms with E-state index in [4.69, 9.17) is 0 Å². The molecule has 20 heavy (non-hydrogen) atoms. The number of hydrogen-bond donors (Lipinski definition) is 1. The minimum absolute atomic E-state index is 0.198. The first-order valence-electron chi connectivity index (χ1n) is 7.16. The number of rotatable bonds is 5. The lowest BCUT2D eigenvalue weighted by Gasteiger charge is -2.31. The van der Waals surface area contributed by atoms with Gasteiger partial charge in [0.1, 0.15) is 5.82 Å². The Balaban J connectivity index is 1.89. The maximum atomic E-state index is 13.1. The highest BCUT2D eigenvalue weighted by Gasteiger charge is 2.16. The Kier molecular flexibility index (Phi) is 5.96. The van der Waals surface area contributed by atoms with Gasteiger partial charge in [0.25, 0.3) is 0 Å². The lowest BCUT2D eigenvalue weighted by molar-refractivity contribution is 0.183. The van der Waals surface area contributed by atoms with Crippen molar-refractivity contribution in [2.24, 2.45) is 0 Å². The first-order valence-corrected chi connectivity index (χ1v) is 7.95. The van der Waals surface area contributed by atoms with Crippen LogP contribution in [-0.2, 0) is 0 Å². The normalized spacial score (nSPS) is 18.4. The minimum atomic E-state index is -0.198. The van der Waals surface area contributed by atoms with Crippen LogP contribution in [0.5, 0.6) is 0 Å². The lowest BCUT2D eigenvalue weighted by atomic mass is 10.1. The molecule has 1 aliphatic heterocycles. The van der Waals surface area contributed by atoms with Crippen LogP contribution < -0.4 is 5.32 Å². The minimum Gasteiger partial charge on any atom is -0.314 e. The number of halogens is 2. The van der Waals surface area contributed by atoms with Gasteiger partial charge in [0.05, 0.1) is 0 Å². The van der Waals surface area contributed by atoms with E-state index < -0.39 is 0 Å². The summed E-state index contributed by atoms with van der Waals surface area (Å²) in [5.74, 6) is -0.198. The fourth-order valence-corrected chi connectivity index (χ4v) is 3.19. The Labute approximate surface area is 129 Å². The first-order chi connectivity index (χ1) is 9.58. The zero-order valence-electron chi connectivity index (χ0n) is 12.2. The highest BCUT2D eigenvalue weighted by Crippen LogP contribution is 2.27. The Morgan fingerprint density at radius 3 is 2.75 bits per heavy atom. The van der Waals surface area contributed by atoms with E-state index in [1.54, 1.807) is 0 Å². The number of piperazine rings is 1. The van der Waals surface area contributed by atoms with Gasteiger partial charge in [0.2, 0.25) is 0 Å². The highest BCUT2D eigenvalue weighted by molar-refractivity contribution is 9.10. The molecular formula is C15H23BrFN3. The average molecular weight is 344 g/mol. The predicted octanol–water partition coefficient (Wildman–Crippen LogP) is 2.49. The van der Waals surface area contributed by atoms with Gasteiger partial charge in [-0.05, 0) is 31.7 Å². The van der Waals surface area contributed by atoms with Crippen molar-refractivity contribution in [2.75, 3.05) is 46.3 Å². The molecule has 1 fully saturated rings. The average Bonchev–Trinajstić information content (AvgIpc) is 2.45. The van der Waals surface area contributed by atoms with Crippen LogP contribution in [0.15, 0.2) is 22.7 Å². The van der Waals surface area contributed by atoms with Crippen molar-refractivity contribution in [1.29, 1.82) is 0 Å².